The lowest BCUT2D eigenvalue weighted by Crippen LogP contribution is -2.42. The van der Waals surface area contributed by atoms with E-state index in [1.54, 1.807) is 41.6 Å². The van der Waals surface area contributed by atoms with Crippen LogP contribution in [-0.2, 0) is 4.74 Å². The van der Waals surface area contributed by atoms with Gasteiger partial charge in [-0.15, -0.1) is 0 Å². The van der Waals surface area contributed by atoms with E-state index >= 15 is 0 Å². The molecule has 0 bridgehead atoms. The number of aromatic nitrogens is 2. The molecular formula is C21H25N3O4. The van der Waals surface area contributed by atoms with Crippen LogP contribution in [0.3, 0.4) is 0 Å². The molecule has 7 heteroatoms. The lowest BCUT2D eigenvalue weighted by Gasteiger charge is -2.33. The minimum absolute atomic E-state index is 0.0898. The number of ether oxygens (including phenoxy) is 1. The molecule has 0 spiro atoms. The van der Waals surface area contributed by atoms with Crippen LogP contribution in [0.2, 0.25) is 0 Å². The molecule has 3 rings (SSSR count). The maximum atomic E-state index is 12.4. The highest BCUT2D eigenvalue weighted by molar-refractivity contribution is 5.88. The van der Waals surface area contributed by atoms with Crippen LogP contribution in [0.15, 0.2) is 36.7 Å². The number of carboxylic acids is 1. The van der Waals surface area contributed by atoms with E-state index in [0.717, 1.165) is 24.1 Å². The molecule has 1 amide bonds. The Labute approximate surface area is 164 Å². The van der Waals surface area contributed by atoms with Gasteiger partial charge in [0.2, 0.25) is 0 Å². The second-order valence-electron chi connectivity index (χ2n) is 7.98. The summed E-state index contributed by atoms with van der Waals surface area (Å²) in [6.45, 7) is 6.80. The maximum Gasteiger partial charge on any atom is 0.410 e. The summed E-state index contributed by atoms with van der Waals surface area (Å²) < 4.78 is 5.49. The van der Waals surface area contributed by atoms with Crippen LogP contribution < -0.4 is 0 Å². The molecule has 2 heterocycles. The van der Waals surface area contributed by atoms with Crippen LogP contribution in [0.5, 0.6) is 0 Å². The Balaban J connectivity index is 1.76. The molecule has 1 N–H and O–H groups in total. The summed E-state index contributed by atoms with van der Waals surface area (Å²) in [6, 6.07) is 6.56. The van der Waals surface area contributed by atoms with E-state index in [9.17, 15) is 9.59 Å². The number of benzene rings is 1. The fourth-order valence-electron chi connectivity index (χ4n) is 3.21. The number of carboxylic acid groups (broad SMARTS) is 1. The predicted octanol–water partition coefficient (Wildman–Crippen LogP) is 3.96. The molecule has 0 saturated carbocycles. The largest absolute Gasteiger partial charge is 0.478 e. The number of carbonyl (C=O) groups is 2. The number of piperidine rings is 1. The van der Waals surface area contributed by atoms with Crippen molar-refractivity contribution >= 4 is 12.1 Å². The molecule has 1 aliphatic heterocycles. The predicted molar refractivity (Wildman–Crippen MR) is 104 cm³/mol. The lowest BCUT2D eigenvalue weighted by atomic mass is 9.95. The first kappa shape index (κ1) is 19.8. The number of nitrogens with zero attached hydrogens (tertiary/aromatic N) is 3. The highest BCUT2D eigenvalue weighted by Crippen LogP contribution is 2.28. The van der Waals surface area contributed by atoms with E-state index in [2.05, 4.69) is 4.98 Å². The van der Waals surface area contributed by atoms with Crippen LogP contribution in [0.1, 0.15) is 55.6 Å². The van der Waals surface area contributed by atoms with Crippen LogP contribution in [0.25, 0.3) is 11.3 Å². The molecule has 2 aromatic rings. The molecule has 1 aliphatic rings. The third-order valence-corrected chi connectivity index (χ3v) is 4.57. The standard InChI is InChI=1S/C21H25N3O4/c1-21(2,3)28-20(27)24-10-4-5-16(13-24)18-12-22-11-17(23-18)14-6-8-15(9-7-14)19(25)26/h6-9,11-12,16H,4-5,10,13H2,1-3H3,(H,25,26). The first-order chi connectivity index (χ1) is 13.2. The van der Waals surface area contributed by atoms with Gasteiger partial charge in [-0.05, 0) is 45.7 Å². The van der Waals surface area contributed by atoms with Crippen molar-refractivity contribution < 1.29 is 19.4 Å². The average molecular weight is 383 g/mol. The minimum Gasteiger partial charge on any atom is -0.478 e. The SMILES string of the molecule is CC(C)(C)OC(=O)N1CCCC(c2cncc(-c3ccc(C(=O)O)cc3)n2)C1. The normalized spacial score (nSPS) is 17.2. The number of likely N-dealkylation sites (tertiary alicyclic amines) is 1. The Morgan fingerprint density at radius 1 is 1.18 bits per heavy atom. The molecule has 1 atom stereocenters. The average Bonchev–Trinajstić information content (AvgIpc) is 2.67. The lowest BCUT2D eigenvalue weighted by molar-refractivity contribution is 0.0197. The van der Waals surface area contributed by atoms with E-state index in [4.69, 9.17) is 14.8 Å². The van der Waals surface area contributed by atoms with Crippen LogP contribution in [0.4, 0.5) is 4.79 Å². The zero-order valence-electron chi connectivity index (χ0n) is 16.4. The third kappa shape index (κ3) is 4.85. The van der Waals surface area contributed by atoms with Gasteiger partial charge < -0.3 is 14.7 Å². The zero-order chi connectivity index (χ0) is 20.3. The van der Waals surface area contributed by atoms with Crippen LogP contribution in [-0.4, -0.2) is 50.7 Å². The van der Waals surface area contributed by atoms with Crippen molar-refractivity contribution in [1.29, 1.82) is 0 Å². The van der Waals surface area contributed by atoms with Crippen molar-refractivity contribution in [3.8, 4) is 11.3 Å². The molecular weight excluding hydrogens is 358 g/mol. The van der Waals surface area contributed by atoms with E-state index in [0.29, 0.717) is 18.8 Å². The van der Waals surface area contributed by atoms with Gasteiger partial charge in [0.15, 0.2) is 0 Å². The summed E-state index contributed by atoms with van der Waals surface area (Å²) >= 11 is 0. The second kappa shape index (κ2) is 7.96. The number of carbonyl (C=O) groups excluding carboxylic acids is 1. The Bertz CT molecular complexity index is 859. The Morgan fingerprint density at radius 3 is 2.54 bits per heavy atom. The summed E-state index contributed by atoms with van der Waals surface area (Å²) in [4.78, 5) is 34.2. The van der Waals surface area contributed by atoms with Crippen molar-refractivity contribution in [3.63, 3.8) is 0 Å². The molecule has 1 unspecified atom stereocenters. The number of rotatable bonds is 3. The second-order valence-corrected chi connectivity index (χ2v) is 7.98. The number of aromatic carboxylic acids is 1. The highest BCUT2D eigenvalue weighted by Gasteiger charge is 2.29. The van der Waals surface area contributed by atoms with Crippen molar-refractivity contribution in [2.24, 2.45) is 0 Å². The van der Waals surface area contributed by atoms with Gasteiger partial charge in [0, 0.05) is 30.8 Å². The van der Waals surface area contributed by atoms with E-state index in [1.165, 1.54) is 0 Å². The van der Waals surface area contributed by atoms with Crippen molar-refractivity contribution in [3.05, 3.63) is 47.9 Å². The van der Waals surface area contributed by atoms with E-state index in [1.807, 2.05) is 20.8 Å². The first-order valence-electron chi connectivity index (χ1n) is 9.36. The Kier molecular flexibility index (Phi) is 5.63. The molecule has 1 aromatic carbocycles. The van der Waals surface area contributed by atoms with Gasteiger partial charge in [-0.1, -0.05) is 12.1 Å². The molecule has 1 fully saturated rings. The molecule has 0 aliphatic carbocycles. The van der Waals surface area contributed by atoms with E-state index in [-0.39, 0.29) is 17.6 Å². The number of amides is 1. The van der Waals surface area contributed by atoms with E-state index < -0.39 is 11.6 Å². The van der Waals surface area contributed by atoms with Gasteiger partial charge in [0.25, 0.3) is 0 Å². The van der Waals surface area contributed by atoms with Gasteiger partial charge in [-0.25, -0.2) is 14.6 Å². The van der Waals surface area contributed by atoms with Crippen molar-refractivity contribution in [2.75, 3.05) is 13.1 Å². The van der Waals surface area contributed by atoms with Gasteiger partial charge in [0.1, 0.15) is 5.60 Å². The molecule has 148 valence electrons. The van der Waals surface area contributed by atoms with Gasteiger partial charge >= 0.3 is 12.1 Å². The quantitative estimate of drug-likeness (QED) is 0.862. The topological polar surface area (TPSA) is 92.6 Å². The van der Waals surface area contributed by atoms with Gasteiger partial charge in [0.05, 0.1) is 23.1 Å². The Morgan fingerprint density at radius 2 is 1.89 bits per heavy atom. The summed E-state index contributed by atoms with van der Waals surface area (Å²) in [5.74, 6) is -0.872. The fourth-order valence-corrected chi connectivity index (χ4v) is 3.21. The fraction of sp³-hybridized carbons (Fsp3) is 0.429. The molecule has 7 nitrogen and oxygen atoms in total. The smallest absolute Gasteiger partial charge is 0.410 e. The summed E-state index contributed by atoms with van der Waals surface area (Å²) in [5, 5.41) is 9.03. The first-order valence-corrected chi connectivity index (χ1v) is 9.36. The zero-order valence-corrected chi connectivity index (χ0v) is 16.4. The maximum absolute atomic E-state index is 12.4. The summed E-state index contributed by atoms with van der Waals surface area (Å²) in [5.41, 5.74) is 2.02. The number of hydrogen-bond acceptors (Lipinski definition) is 5. The molecule has 1 saturated heterocycles. The van der Waals surface area contributed by atoms with Crippen LogP contribution in [0, 0.1) is 0 Å². The van der Waals surface area contributed by atoms with Crippen molar-refractivity contribution in [2.45, 2.75) is 45.1 Å². The van der Waals surface area contributed by atoms with Crippen LogP contribution >= 0.6 is 0 Å². The number of hydrogen-bond donors (Lipinski definition) is 1. The third-order valence-electron chi connectivity index (χ3n) is 4.57. The Hall–Kier alpha value is -2.96. The summed E-state index contributed by atoms with van der Waals surface area (Å²) in [7, 11) is 0. The van der Waals surface area contributed by atoms with Gasteiger partial charge in [-0.2, -0.15) is 0 Å². The summed E-state index contributed by atoms with van der Waals surface area (Å²) in [6.07, 6.45) is 4.90. The van der Waals surface area contributed by atoms with Crippen molar-refractivity contribution in [1.82, 2.24) is 14.9 Å². The molecule has 1 aromatic heterocycles. The monoisotopic (exact) mass is 383 g/mol. The van der Waals surface area contributed by atoms with Gasteiger partial charge in [-0.3, -0.25) is 4.98 Å². The highest BCUT2D eigenvalue weighted by atomic mass is 16.6. The molecule has 0 radical (unpaired) electrons. The molecule has 28 heavy (non-hydrogen) atoms. The minimum atomic E-state index is -0.962.